The van der Waals surface area contributed by atoms with Crippen LogP contribution < -0.4 is 10.1 Å². The van der Waals surface area contributed by atoms with Gasteiger partial charge in [-0.3, -0.25) is 4.90 Å². The van der Waals surface area contributed by atoms with Crippen molar-refractivity contribution in [1.82, 2.24) is 15.1 Å². The van der Waals surface area contributed by atoms with Crippen LogP contribution in [0.2, 0.25) is 0 Å². The Morgan fingerprint density at radius 3 is 2.54 bits per heavy atom. The molecule has 2 fully saturated rings. The van der Waals surface area contributed by atoms with Crippen LogP contribution in [0.15, 0.2) is 54.6 Å². The highest BCUT2D eigenvalue weighted by atomic mass is 16.5. The second-order valence-corrected chi connectivity index (χ2v) is 6.65. The SMILES string of the molecule is CN1C(=O)NCC12CN(Cc1cccc(Oc3ccccc3)c1)C2. The van der Waals surface area contributed by atoms with Crippen molar-refractivity contribution in [3.05, 3.63) is 60.2 Å². The zero-order chi connectivity index (χ0) is 16.6. The lowest BCUT2D eigenvalue weighted by atomic mass is 9.89. The summed E-state index contributed by atoms with van der Waals surface area (Å²) in [6, 6.07) is 18.0. The maximum Gasteiger partial charge on any atom is 0.317 e. The van der Waals surface area contributed by atoms with Gasteiger partial charge in [0.15, 0.2) is 0 Å². The van der Waals surface area contributed by atoms with E-state index in [2.05, 4.69) is 22.3 Å². The molecule has 2 aromatic rings. The molecule has 2 aromatic carbocycles. The molecule has 0 aromatic heterocycles. The van der Waals surface area contributed by atoms with Crippen LogP contribution in [0, 0.1) is 0 Å². The lowest BCUT2D eigenvalue weighted by molar-refractivity contribution is -0.00107. The summed E-state index contributed by atoms with van der Waals surface area (Å²) in [5, 5.41) is 2.92. The first-order chi connectivity index (χ1) is 11.6. The van der Waals surface area contributed by atoms with E-state index in [9.17, 15) is 4.79 Å². The normalized spacial score (nSPS) is 19.2. The van der Waals surface area contributed by atoms with E-state index in [-0.39, 0.29) is 11.6 Å². The van der Waals surface area contributed by atoms with E-state index < -0.39 is 0 Å². The van der Waals surface area contributed by atoms with Gasteiger partial charge in [0.2, 0.25) is 0 Å². The number of urea groups is 1. The van der Waals surface area contributed by atoms with Gasteiger partial charge in [0.05, 0.1) is 5.54 Å². The smallest absolute Gasteiger partial charge is 0.317 e. The number of ether oxygens (including phenoxy) is 1. The number of hydrogen-bond acceptors (Lipinski definition) is 3. The molecule has 1 spiro atoms. The van der Waals surface area contributed by atoms with Crippen molar-refractivity contribution in [3.63, 3.8) is 0 Å². The number of hydrogen-bond donors (Lipinski definition) is 1. The van der Waals surface area contributed by atoms with Crippen molar-refractivity contribution < 1.29 is 9.53 Å². The maximum absolute atomic E-state index is 11.6. The van der Waals surface area contributed by atoms with Crippen molar-refractivity contribution in [1.29, 1.82) is 0 Å². The van der Waals surface area contributed by atoms with E-state index in [1.807, 2.05) is 54.4 Å². The third kappa shape index (κ3) is 2.71. The largest absolute Gasteiger partial charge is 0.457 e. The molecular formula is C19H21N3O2. The maximum atomic E-state index is 11.6. The third-order valence-electron chi connectivity index (χ3n) is 4.90. The Labute approximate surface area is 141 Å². The molecule has 2 aliphatic heterocycles. The van der Waals surface area contributed by atoms with E-state index in [0.717, 1.165) is 37.7 Å². The fourth-order valence-electron chi connectivity index (χ4n) is 3.50. The number of rotatable bonds is 4. The molecule has 0 aliphatic carbocycles. The summed E-state index contributed by atoms with van der Waals surface area (Å²) in [6.07, 6.45) is 0. The second kappa shape index (κ2) is 5.83. The zero-order valence-corrected chi connectivity index (χ0v) is 13.7. The van der Waals surface area contributed by atoms with Crippen LogP contribution in [0.1, 0.15) is 5.56 Å². The van der Waals surface area contributed by atoms with Crippen molar-refractivity contribution >= 4 is 6.03 Å². The quantitative estimate of drug-likeness (QED) is 0.941. The number of benzene rings is 2. The first kappa shape index (κ1) is 15.0. The number of carbonyl (C=O) groups is 1. The summed E-state index contributed by atoms with van der Waals surface area (Å²) in [5.74, 6) is 1.69. The predicted molar refractivity (Wildman–Crippen MR) is 92.1 cm³/mol. The highest BCUT2D eigenvalue weighted by Gasteiger charge is 2.51. The highest BCUT2D eigenvalue weighted by molar-refractivity contribution is 5.78. The van der Waals surface area contributed by atoms with Crippen LogP contribution >= 0.6 is 0 Å². The number of likely N-dealkylation sites (N-methyl/N-ethyl adjacent to an activating group) is 1. The van der Waals surface area contributed by atoms with Gasteiger partial charge in [0, 0.05) is 33.2 Å². The van der Waals surface area contributed by atoms with Crippen LogP contribution in [0.4, 0.5) is 4.79 Å². The topological polar surface area (TPSA) is 44.8 Å². The number of carbonyl (C=O) groups excluding carboxylic acids is 1. The van der Waals surface area contributed by atoms with Gasteiger partial charge in [-0.15, -0.1) is 0 Å². The molecule has 0 atom stereocenters. The zero-order valence-electron chi connectivity index (χ0n) is 13.7. The minimum atomic E-state index is -0.0186. The van der Waals surface area contributed by atoms with Crippen LogP contribution in [-0.4, -0.2) is 48.1 Å². The average Bonchev–Trinajstić information content (AvgIpc) is 2.85. The van der Waals surface area contributed by atoms with Gasteiger partial charge in [0.25, 0.3) is 0 Å². The Hall–Kier alpha value is -2.53. The fourth-order valence-corrected chi connectivity index (χ4v) is 3.50. The van der Waals surface area contributed by atoms with Crippen LogP contribution in [-0.2, 0) is 6.54 Å². The molecule has 2 heterocycles. The van der Waals surface area contributed by atoms with Crippen LogP contribution in [0.3, 0.4) is 0 Å². The van der Waals surface area contributed by atoms with E-state index in [4.69, 9.17) is 4.74 Å². The molecule has 0 radical (unpaired) electrons. The number of likely N-dealkylation sites (tertiary alicyclic amines) is 1. The van der Waals surface area contributed by atoms with E-state index in [0.29, 0.717) is 0 Å². The van der Waals surface area contributed by atoms with Crippen LogP contribution in [0.5, 0.6) is 11.5 Å². The summed E-state index contributed by atoms with van der Waals surface area (Å²) in [4.78, 5) is 15.9. The van der Waals surface area contributed by atoms with Gasteiger partial charge in [-0.25, -0.2) is 4.79 Å². The first-order valence-electron chi connectivity index (χ1n) is 8.21. The third-order valence-corrected chi connectivity index (χ3v) is 4.90. The second-order valence-electron chi connectivity index (χ2n) is 6.65. The van der Waals surface area contributed by atoms with E-state index >= 15 is 0 Å². The summed E-state index contributed by atoms with van der Waals surface area (Å²) in [5.41, 5.74) is 1.20. The molecule has 2 aliphatic rings. The molecule has 124 valence electrons. The fraction of sp³-hybridized carbons (Fsp3) is 0.316. The number of nitrogens with one attached hydrogen (secondary N) is 1. The van der Waals surface area contributed by atoms with Crippen molar-refractivity contribution in [2.24, 2.45) is 0 Å². The molecule has 0 bridgehead atoms. The molecule has 24 heavy (non-hydrogen) atoms. The number of para-hydroxylation sites is 1. The van der Waals surface area contributed by atoms with Crippen molar-refractivity contribution in [2.45, 2.75) is 12.1 Å². The molecule has 0 saturated carbocycles. The molecule has 5 heteroatoms. The molecule has 0 unspecified atom stereocenters. The Bertz CT molecular complexity index is 741. The number of amides is 2. The van der Waals surface area contributed by atoms with Crippen molar-refractivity contribution in [3.8, 4) is 11.5 Å². The highest BCUT2D eigenvalue weighted by Crippen LogP contribution is 2.31. The summed E-state index contributed by atoms with van der Waals surface area (Å²) >= 11 is 0. The van der Waals surface area contributed by atoms with Crippen LogP contribution in [0.25, 0.3) is 0 Å². The molecular weight excluding hydrogens is 302 g/mol. The Balaban J connectivity index is 1.38. The van der Waals surface area contributed by atoms with Gasteiger partial charge in [-0.1, -0.05) is 30.3 Å². The molecule has 1 N–H and O–H groups in total. The molecule has 2 amide bonds. The average molecular weight is 323 g/mol. The standard InChI is InChI=1S/C19H21N3O2/c1-21-18(23)20-12-19(21)13-22(14-19)11-15-6-5-9-17(10-15)24-16-7-3-2-4-8-16/h2-10H,11-14H2,1H3,(H,20,23). The molecule has 5 nitrogen and oxygen atoms in total. The first-order valence-corrected chi connectivity index (χ1v) is 8.21. The summed E-state index contributed by atoms with van der Waals surface area (Å²) in [6.45, 7) is 3.43. The van der Waals surface area contributed by atoms with E-state index in [1.165, 1.54) is 5.56 Å². The molecule has 4 rings (SSSR count). The minimum Gasteiger partial charge on any atom is -0.457 e. The van der Waals surface area contributed by atoms with Gasteiger partial charge in [-0.05, 0) is 29.8 Å². The summed E-state index contributed by atoms with van der Waals surface area (Å²) in [7, 11) is 1.88. The van der Waals surface area contributed by atoms with Crippen molar-refractivity contribution in [2.75, 3.05) is 26.7 Å². The summed E-state index contributed by atoms with van der Waals surface area (Å²) < 4.78 is 5.90. The van der Waals surface area contributed by atoms with Gasteiger partial charge >= 0.3 is 6.03 Å². The Morgan fingerprint density at radius 2 is 1.83 bits per heavy atom. The van der Waals surface area contributed by atoms with Gasteiger partial charge in [0.1, 0.15) is 11.5 Å². The lowest BCUT2D eigenvalue weighted by Gasteiger charge is -2.50. The Kier molecular flexibility index (Phi) is 3.65. The predicted octanol–water partition coefficient (Wildman–Crippen LogP) is 2.69. The lowest BCUT2D eigenvalue weighted by Crippen LogP contribution is -2.68. The molecule has 2 saturated heterocycles. The van der Waals surface area contributed by atoms with Gasteiger partial charge < -0.3 is 15.0 Å². The monoisotopic (exact) mass is 323 g/mol. The van der Waals surface area contributed by atoms with Gasteiger partial charge in [-0.2, -0.15) is 0 Å². The van der Waals surface area contributed by atoms with E-state index in [1.54, 1.807) is 0 Å². The number of nitrogens with zero attached hydrogens (tertiary/aromatic N) is 2. The Morgan fingerprint density at radius 1 is 1.08 bits per heavy atom. The minimum absolute atomic E-state index is 0.0186.